The Kier molecular flexibility index (Phi) is 5.21. The van der Waals surface area contributed by atoms with Crippen LogP contribution in [0.15, 0.2) is 42.6 Å². The first-order valence-corrected chi connectivity index (χ1v) is 6.93. The SMILES string of the molecule is CCN(CCO)Cc1cccn1-c1ccccc1OC. The molecule has 1 heterocycles. The number of methoxy groups -OCH3 is 1. The van der Waals surface area contributed by atoms with Crippen molar-refractivity contribution in [3.05, 3.63) is 48.3 Å². The number of benzene rings is 1. The number of likely N-dealkylation sites (N-methyl/N-ethyl adjacent to an activating group) is 1. The van der Waals surface area contributed by atoms with E-state index in [-0.39, 0.29) is 6.61 Å². The molecule has 0 fully saturated rings. The highest BCUT2D eigenvalue weighted by Gasteiger charge is 2.10. The van der Waals surface area contributed by atoms with Crippen LogP contribution in [0.2, 0.25) is 0 Å². The Morgan fingerprint density at radius 2 is 2.00 bits per heavy atom. The lowest BCUT2D eigenvalue weighted by Gasteiger charge is -2.21. The predicted molar refractivity (Wildman–Crippen MR) is 80.4 cm³/mol. The van der Waals surface area contributed by atoms with Crippen LogP contribution in [0.4, 0.5) is 0 Å². The molecule has 0 amide bonds. The highest BCUT2D eigenvalue weighted by molar-refractivity contribution is 5.48. The van der Waals surface area contributed by atoms with Gasteiger partial charge in [-0.1, -0.05) is 19.1 Å². The Morgan fingerprint density at radius 3 is 2.70 bits per heavy atom. The van der Waals surface area contributed by atoms with E-state index in [1.54, 1.807) is 7.11 Å². The van der Waals surface area contributed by atoms with Gasteiger partial charge in [0.15, 0.2) is 0 Å². The average molecular weight is 274 g/mol. The molecule has 108 valence electrons. The second-order valence-electron chi connectivity index (χ2n) is 4.63. The van der Waals surface area contributed by atoms with E-state index in [0.717, 1.165) is 24.5 Å². The number of aliphatic hydroxyl groups excluding tert-OH is 1. The minimum atomic E-state index is 0.184. The van der Waals surface area contributed by atoms with E-state index >= 15 is 0 Å². The molecule has 2 rings (SSSR count). The molecule has 0 aliphatic rings. The van der Waals surface area contributed by atoms with Gasteiger partial charge in [-0.25, -0.2) is 0 Å². The first kappa shape index (κ1) is 14.6. The summed E-state index contributed by atoms with van der Waals surface area (Å²) in [6.07, 6.45) is 2.04. The van der Waals surface area contributed by atoms with E-state index < -0.39 is 0 Å². The smallest absolute Gasteiger partial charge is 0.142 e. The van der Waals surface area contributed by atoms with Crippen LogP contribution in [0.1, 0.15) is 12.6 Å². The molecule has 0 aliphatic carbocycles. The van der Waals surface area contributed by atoms with Gasteiger partial charge in [0, 0.05) is 25.0 Å². The lowest BCUT2D eigenvalue weighted by atomic mass is 10.2. The van der Waals surface area contributed by atoms with E-state index in [9.17, 15) is 0 Å². The largest absolute Gasteiger partial charge is 0.495 e. The van der Waals surface area contributed by atoms with E-state index in [1.807, 2.05) is 36.5 Å². The summed E-state index contributed by atoms with van der Waals surface area (Å²) in [7, 11) is 1.69. The number of aliphatic hydroxyl groups is 1. The van der Waals surface area contributed by atoms with E-state index in [1.165, 1.54) is 5.69 Å². The van der Waals surface area contributed by atoms with Gasteiger partial charge in [0.2, 0.25) is 0 Å². The molecule has 4 nitrogen and oxygen atoms in total. The van der Waals surface area contributed by atoms with Crippen LogP contribution in [0.5, 0.6) is 5.75 Å². The predicted octanol–water partition coefficient (Wildman–Crippen LogP) is 2.30. The van der Waals surface area contributed by atoms with Crippen LogP contribution in [0.3, 0.4) is 0 Å². The second-order valence-corrected chi connectivity index (χ2v) is 4.63. The third kappa shape index (κ3) is 3.21. The first-order valence-electron chi connectivity index (χ1n) is 6.93. The van der Waals surface area contributed by atoms with Crippen LogP contribution in [0.25, 0.3) is 5.69 Å². The molecule has 1 N–H and O–H groups in total. The fourth-order valence-corrected chi connectivity index (χ4v) is 2.33. The van der Waals surface area contributed by atoms with Gasteiger partial charge < -0.3 is 14.4 Å². The molecule has 1 aromatic heterocycles. The molecule has 20 heavy (non-hydrogen) atoms. The summed E-state index contributed by atoms with van der Waals surface area (Å²) in [5, 5.41) is 9.10. The van der Waals surface area contributed by atoms with Crippen molar-refractivity contribution in [3.63, 3.8) is 0 Å². The number of rotatable bonds is 7. The van der Waals surface area contributed by atoms with E-state index in [2.05, 4.69) is 22.5 Å². The summed E-state index contributed by atoms with van der Waals surface area (Å²) >= 11 is 0. The van der Waals surface area contributed by atoms with Gasteiger partial charge in [-0.15, -0.1) is 0 Å². The van der Waals surface area contributed by atoms with Crippen molar-refractivity contribution < 1.29 is 9.84 Å². The van der Waals surface area contributed by atoms with Crippen molar-refractivity contribution >= 4 is 0 Å². The Balaban J connectivity index is 2.28. The van der Waals surface area contributed by atoms with Gasteiger partial charge in [0.05, 0.1) is 19.4 Å². The first-order chi connectivity index (χ1) is 9.80. The Labute approximate surface area is 120 Å². The number of aromatic nitrogens is 1. The summed E-state index contributed by atoms with van der Waals surface area (Å²) in [5.74, 6) is 0.857. The maximum Gasteiger partial charge on any atom is 0.142 e. The minimum absolute atomic E-state index is 0.184. The van der Waals surface area contributed by atoms with Crippen LogP contribution in [0, 0.1) is 0 Å². The van der Waals surface area contributed by atoms with Gasteiger partial charge >= 0.3 is 0 Å². The topological polar surface area (TPSA) is 37.6 Å². The molecule has 0 unspecified atom stereocenters. The summed E-state index contributed by atoms with van der Waals surface area (Å²) in [6.45, 7) is 4.70. The van der Waals surface area contributed by atoms with Crippen LogP contribution in [-0.4, -0.2) is 41.4 Å². The van der Waals surface area contributed by atoms with Gasteiger partial charge in [0.1, 0.15) is 5.75 Å². The highest BCUT2D eigenvalue weighted by Crippen LogP contribution is 2.24. The lowest BCUT2D eigenvalue weighted by molar-refractivity contribution is 0.195. The second kappa shape index (κ2) is 7.12. The molecular formula is C16H22N2O2. The minimum Gasteiger partial charge on any atom is -0.495 e. The third-order valence-electron chi connectivity index (χ3n) is 3.43. The Morgan fingerprint density at radius 1 is 1.20 bits per heavy atom. The van der Waals surface area contributed by atoms with Crippen molar-refractivity contribution in [3.8, 4) is 11.4 Å². The molecule has 0 aliphatic heterocycles. The van der Waals surface area contributed by atoms with E-state index in [0.29, 0.717) is 6.54 Å². The van der Waals surface area contributed by atoms with Crippen LogP contribution >= 0.6 is 0 Å². The molecule has 2 aromatic rings. The molecule has 0 saturated heterocycles. The molecule has 0 radical (unpaired) electrons. The summed E-state index contributed by atoms with van der Waals surface area (Å²) in [4.78, 5) is 2.21. The molecule has 4 heteroatoms. The van der Waals surface area contributed by atoms with Gasteiger partial charge in [0.25, 0.3) is 0 Å². The number of hydrogen-bond acceptors (Lipinski definition) is 3. The Hall–Kier alpha value is -1.78. The van der Waals surface area contributed by atoms with Crippen molar-refractivity contribution in [2.45, 2.75) is 13.5 Å². The number of hydrogen-bond donors (Lipinski definition) is 1. The Bertz CT molecular complexity index is 537. The molecule has 0 spiro atoms. The summed E-state index contributed by atoms with van der Waals surface area (Å²) in [5.41, 5.74) is 2.22. The molecule has 0 saturated carbocycles. The average Bonchev–Trinajstić information content (AvgIpc) is 2.94. The zero-order valence-electron chi connectivity index (χ0n) is 12.1. The number of ether oxygens (including phenoxy) is 1. The number of para-hydroxylation sites is 2. The quantitative estimate of drug-likeness (QED) is 0.842. The normalized spacial score (nSPS) is 11.0. The monoisotopic (exact) mass is 274 g/mol. The molecule has 0 bridgehead atoms. The zero-order chi connectivity index (χ0) is 14.4. The standard InChI is InChI=1S/C16H22N2O2/c1-3-17(11-12-19)13-14-7-6-10-18(14)15-8-4-5-9-16(15)20-2/h4-10,19H,3,11-13H2,1-2H3. The van der Waals surface area contributed by atoms with Crippen molar-refractivity contribution in [2.75, 3.05) is 26.8 Å². The maximum absolute atomic E-state index is 9.10. The van der Waals surface area contributed by atoms with Gasteiger partial charge in [-0.2, -0.15) is 0 Å². The molecular weight excluding hydrogens is 252 g/mol. The molecule has 1 aromatic carbocycles. The number of nitrogens with zero attached hydrogens (tertiary/aromatic N) is 2. The van der Waals surface area contributed by atoms with Gasteiger partial charge in [-0.05, 0) is 30.8 Å². The zero-order valence-corrected chi connectivity index (χ0v) is 12.1. The van der Waals surface area contributed by atoms with Gasteiger partial charge in [-0.3, -0.25) is 4.90 Å². The third-order valence-corrected chi connectivity index (χ3v) is 3.43. The fraction of sp³-hybridized carbons (Fsp3) is 0.375. The fourth-order valence-electron chi connectivity index (χ4n) is 2.33. The molecule has 0 atom stereocenters. The van der Waals surface area contributed by atoms with Crippen molar-refractivity contribution in [1.29, 1.82) is 0 Å². The van der Waals surface area contributed by atoms with Crippen molar-refractivity contribution in [2.24, 2.45) is 0 Å². The van der Waals surface area contributed by atoms with E-state index in [4.69, 9.17) is 9.84 Å². The maximum atomic E-state index is 9.10. The lowest BCUT2D eigenvalue weighted by Crippen LogP contribution is -2.27. The summed E-state index contributed by atoms with van der Waals surface area (Å²) < 4.78 is 7.57. The van der Waals surface area contributed by atoms with Crippen LogP contribution < -0.4 is 4.74 Å². The van der Waals surface area contributed by atoms with Crippen LogP contribution in [-0.2, 0) is 6.54 Å². The highest BCUT2D eigenvalue weighted by atomic mass is 16.5. The summed E-state index contributed by atoms with van der Waals surface area (Å²) in [6, 6.07) is 12.1. The van der Waals surface area contributed by atoms with Crippen molar-refractivity contribution in [1.82, 2.24) is 9.47 Å².